The first-order valence-electron chi connectivity index (χ1n) is 5.74. The Balaban J connectivity index is 2.84. The zero-order valence-corrected chi connectivity index (χ0v) is 10.6. The van der Waals surface area contributed by atoms with E-state index >= 15 is 0 Å². The molecular weight excluding hydrogens is 214 g/mol. The summed E-state index contributed by atoms with van der Waals surface area (Å²) in [4.78, 5) is 11.1. The van der Waals surface area contributed by atoms with Gasteiger partial charge >= 0.3 is 5.97 Å². The topological polar surface area (TPSA) is 42.2 Å². The van der Waals surface area contributed by atoms with Crippen LogP contribution in [0.5, 0.6) is 0 Å². The number of hydrogen-bond acceptors (Lipinski definition) is 1. The molecule has 1 N–H and O–H groups in total. The molecule has 2 rings (SSSR count). The number of benzene rings is 1. The minimum Gasteiger partial charge on any atom is -0.478 e. The Morgan fingerprint density at radius 1 is 1.35 bits per heavy atom. The molecule has 0 aliphatic carbocycles. The van der Waals surface area contributed by atoms with Crippen molar-refractivity contribution < 1.29 is 9.90 Å². The van der Waals surface area contributed by atoms with Crippen molar-refractivity contribution in [2.45, 2.75) is 26.7 Å². The van der Waals surface area contributed by atoms with Crippen molar-refractivity contribution in [1.29, 1.82) is 0 Å². The fourth-order valence-corrected chi connectivity index (χ4v) is 2.39. The van der Waals surface area contributed by atoms with Gasteiger partial charge in [-0.3, -0.25) is 0 Å². The van der Waals surface area contributed by atoms with Gasteiger partial charge in [-0.15, -0.1) is 0 Å². The zero-order chi connectivity index (χ0) is 12.7. The van der Waals surface area contributed by atoms with E-state index in [2.05, 4.69) is 24.6 Å². The van der Waals surface area contributed by atoms with Crippen LogP contribution in [0.3, 0.4) is 0 Å². The highest BCUT2D eigenvalue weighted by molar-refractivity contribution is 5.96. The van der Waals surface area contributed by atoms with Crippen molar-refractivity contribution in [3.63, 3.8) is 0 Å². The van der Waals surface area contributed by atoms with E-state index in [0.717, 1.165) is 16.5 Å². The van der Waals surface area contributed by atoms with Gasteiger partial charge in [0.1, 0.15) is 0 Å². The maximum atomic E-state index is 11.1. The summed E-state index contributed by atoms with van der Waals surface area (Å²) in [6.45, 7) is 6.20. The Hall–Kier alpha value is -1.77. The average molecular weight is 231 g/mol. The van der Waals surface area contributed by atoms with Gasteiger partial charge in [-0.25, -0.2) is 4.79 Å². The van der Waals surface area contributed by atoms with Crippen LogP contribution in [-0.4, -0.2) is 15.6 Å². The Kier molecular flexibility index (Phi) is 2.69. The normalized spacial score (nSPS) is 11.4. The molecule has 90 valence electrons. The monoisotopic (exact) mass is 231 g/mol. The van der Waals surface area contributed by atoms with Crippen LogP contribution >= 0.6 is 0 Å². The van der Waals surface area contributed by atoms with Crippen molar-refractivity contribution in [2.24, 2.45) is 7.05 Å². The molecule has 0 radical (unpaired) electrons. The van der Waals surface area contributed by atoms with E-state index in [1.54, 1.807) is 12.1 Å². The van der Waals surface area contributed by atoms with Crippen LogP contribution in [0.4, 0.5) is 0 Å². The lowest BCUT2D eigenvalue weighted by Gasteiger charge is -2.05. The number of rotatable bonds is 2. The van der Waals surface area contributed by atoms with Gasteiger partial charge in [0.05, 0.1) is 11.1 Å². The number of aromatic nitrogens is 1. The highest BCUT2D eigenvalue weighted by Crippen LogP contribution is 2.30. The predicted molar refractivity (Wildman–Crippen MR) is 68.7 cm³/mol. The number of carbonyl (C=O) groups is 1. The first-order chi connectivity index (χ1) is 7.91. The number of hydrogen-bond donors (Lipinski definition) is 1. The van der Waals surface area contributed by atoms with Gasteiger partial charge in [0.2, 0.25) is 0 Å². The quantitative estimate of drug-likeness (QED) is 0.861. The van der Waals surface area contributed by atoms with Crippen molar-refractivity contribution in [3.05, 3.63) is 35.0 Å². The molecule has 0 spiro atoms. The highest BCUT2D eigenvalue weighted by atomic mass is 16.4. The lowest BCUT2D eigenvalue weighted by Crippen LogP contribution is -1.98. The lowest BCUT2D eigenvalue weighted by molar-refractivity contribution is 0.0697. The van der Waals surface area contributed by atoms with Crippen molar-refractivity contribution in [3.8, 4) is 0 Å². The summed E-state index contributed by atoms with van der Waals surface area (Å²) in [5.41, 5.74) is 3.70. The Labute approximate surface area is 101 Å². The molecule has 0 atom stereocenters. The molecule has 0 fully saturated rings. The molecule has 17 heavy (non-hydrogen) atoms. The van der Waals surface area contributed by atoms with E-state index in [0.29, 0.717) is 11.5 Å². The number of aromatic carboxylic acids is 1. The van der Waals surface area contributed by atoms with Crippen molar-refractivity contribution in [2.75, 3.05) is 0 Å². The summed E-state index contributed by atoms with van der Waals surface area (Å²) in [5.74, 6) is -0.476. The number of aryl methyl sites for hydroxylation is 2. The molecule has 0 amide bonds. The summed E-state index contributed by atoms with van der Waals surface area (Å²) >= 11 is 0. The summed E-state index contributed by atoms with van der Waals surface area (Å²) in [7, 11) is 2.00. The molecule has 2 aromatic rings. The van der Waals surface area contributed by atoms with Gasteiger partial charge in [-0.1, -0.05) is 13.8 Å². The molecular formula is C14H17NO2. The molecule has 0 bridgehead atoms. The third kappa shape index (κ3) is 1.82. The number of nitrogens with zero attached hydrogens (tertiary/aromatic N) is 1. The van der Waals surface area contributed by atoms with Gasteiger partial charge in [0.15, 0.2) is 0 Å². The van der Waals surface area contributed by atoms with Gasteiger partial charge in [0, 0.05) is 18.6 Å². The van der Waals surface area contributed by atoms with Gasteiger partial charge in [-0.2, -0.15) is 0 Å². The second kappa shape index (κ2) is 3.91. The predicted octanol–water partition coefficient (Wildman–Crippen LogP) is 3.31. The average Bonchev–Trinajstić information content (AvgIpc) is 2.56. The van der Waals surface area contributed by atoms with Gasteiger partial charge < -0.3 is 9.67 Å². The molecule has 0 unspecified atom stereocenters. The molecule has 0 aliphatic heterocycles. The third-order valence-electron chi connectivity index (χ3n) is 3.17. The number of fused-ring (bicyclic) bond motifs is 1. The Bertz CT molecular complexity index is 594. The number of carboxylic acid groups (broad SMARTS) is 1. The molecule has 0 aliphatic rings. The van der Waals surface area contributed by atoms with Crippen LogP contribution in [-0.2, 0) is 7.05 Å². The van der Waals surface area contributed by atoms with E-state index in [4.69, 9.17) is 5.11 Å². The largest absolute Gasteiger partial charge is 0.478 e. The molecule has 0 saturated carbocycles. The van der Waals surface area contributed by atoms with E-state index in [1.165, 1.54) is 5.56 Å². The van der Waals surface area contributed by atoms with E-state index in [1.807, 2.05) is 14.0 Å². The maximum Gasteiger partial charge on any atom is 0.335 e. The zero-order valence-electron chi connectivity index (χ0n) is 10.6. The fraction of sp³-hybridized carbons (Fsp3) is 0.357. The standard InChI is InChI=1S/C14H17NO2/c1-8(2)12-7-15(4)13-9(3)5-10(14(16)17)6-11(12)13/h5-8H,1-4H3,(H,16,17). The SMILES string of the molecule is Cc1cc(C(=O)O)cc2c(C(C)C)cn(C)c12. The van der Waals surface area contributed by atoms with Crippen LogP contribution in [0.2, 0.25) is 0 Å². The third-order valence-corrected chi connectivity index (χ3v) is 3.17. The van der Waals surface area contributed by atoms with E-state index < -0.39 is 5.97 Å². The summed E-state index contributed by atoms with van der Waals surface area (Å²) in [6.07, 6.45) is 2.09. The van der Waals surface area contributed by atoms with Crippen LogP contribution in [0.25, 0.3) is 10.9 Å². The minimum atomic E-state index is -0.867. The summed E-state index contributed by atoms with van der Waals surface area (Å²) < 4.78 is 2.08. The van der Waals surface area contributed by atoms with Crippen LogP contribution in [0.15, 0.2) is 18.3 Å². The van der Waals surface area contributed by atoms with Crippen LogP contribution in [0.1, 0.15) is 41.3 Å². The smallest absolute Gasteiger partial charge is 0.335 e. The minimum absolute atomic E-state index is 0.364. The Morgan fingerprint density at radius 3 is 2.53 bits per heavy atom. The molecule has 1 aromatic carbocycles. The van der Waals surface area contributed by atoms with Crippen LogP contribution in [0, 0.1) is 6.92 Å². The first-order valence-corrected chi connectivity index (χ1v) is 5.74. The van der Waals surface area contributed by atoms with Crippen molar-refractivity contribution >= 4 is 16.9 Å². The highest BCUT2D eigenvalue weighted by Gasteiger charge is 2.14. The molecule has 3 nitrogen and oxygen atoms in total. The first kappa shape index (κ1) is 11.7. The molecule has 1 aromatic heterocycles. The summed E-state index contributed by atoms with van der Waals surface area (Å²) in [6, 6.07) is 3.51. The second-order valence-electron chi connectivity index (χ2n) is 4.84. The maximum absolute atomic E-state index is 11.1. The molecule has 1 heterocycles. The lowest BCUT2D eigenvalue weighted by atomic mass is 9.99. The van der Waals surface area contributed by atoms with Crippen LogP contribution < -0.4 is 0 Å². The van der Waals surface area contributed by atoms with E-state index in [9.17, 15) is 4.79 Å². The number of carboxylic acids is 1. The van der Waals surface area contributed by atoms with Gasteiger partial charge in [-0.05, 0) is 36.1 Å². The van der Waals surface area contributed by atoms with Crippen molar-refractivity contribution in [1.82, 2.24) is 4.57 Å². The fourth-order valence-electron chi connectivity index (χ4n) is 2.39. The molecule has 3 heteroatoms. The van der Waals surface area contributed by atoms with E-state index in [-0.39, 0.29) is 0 Å². The second-order valence-corrected chi connectivity index (χ2v) is 4.84. The van der Waals surface area contributed by atoms with Gasteiger partial charge in [0.25, 0.3) is 0 Å². The summed E-state index contributed by atoms with van der Waals surface area (Å²) in [5, 5.41) is 10.2. The molecule has 0 saturated heterocycles. The Morgan fingerprint density at radius 2 is 2.00 bits per heavy atom.